The summed E-state index contributed by atoms with van der Waals surface area (Å²) in [6.07, 6.45) is 5.08. The summed E-state index contributed by atoms with van der Waals surface area (Å²) >= 11 is 0. The highest BCUT2D eigenvalue weighted by Crippen LogP contribution is 2.40. The molecule has 1 saturated heterocycles. The summed E-state index contributed by atoms with van der Waals surface area (Å²) in [6.45, 7) is 2.24. The van der Waals surface area contributed by atoms with Crippen LogP contribution in [0.4, 0.5) is 5.82 Å². The summed E-state index contributed by atoms with van der Waals surface area (Å²) in [5, 5.41) is 15.2. The molecule has 5 rings (SSSR count). The van der Waals surface area contributed by atoms with E-state index in [0.29, 0.717) is 6.04 Å². The smallest absolute Gasteiger partial charge is 0.156 e. The molecule has 0 amide bonds. The van der Waals surface area contributed by atoms with Crippen LogP contribution in [0.1, 0.15) is 37.2 Å². The van der Waals surface area contributed by atoms with Crippen molar-refractivity contribution in [2.75, 3.05) is 25.5 Å². The van der Waals surface area contributed by atoms with Gasteiger partial charge in [-0.25, -0.2) is 0 Å². The van der Waals surface area contributed by atoms with Gasteiger partial charge in [-0.05, 0) is 50.8 Å². The first-order chi connectivity index (χ1) is 13.3. The highest BCUT2D eigenvalue weighted by molar-refractivity contribution is 6.00. The van der Waals surface area contributed by atoms with Gasteiger partial charge in [0.1, 0.15) is 5.69 Å². The van der Waals surface area contributed by atoms with E-state index in [1.54, 1.807) is 0 Å². The van der Waals surface area contributed by atoms with E-state index in [-0.39, 0.29) is 0 Å². The Hall–Kier alpha value is -2.46. The monoisotopic (exact) mass is 358 g/mol. The molecule has 138 valence electrons. The van der Waals surface area contributed by atoms with Gasteiger partial charge in [0.15, 0.2) is 5.82 Å². The van der Waals surface area contributed by atoms with Crippen LogP contribution in [0, 0.1) is 0 Å². The number of nitrogens with zero attached hydrogens (tertiary/aromatic N) is 3. The number of hydrogen-bond acceptors (Lipinski definition) is 4. The first-order valence-electron chi connectivity index (χ1n) is 10.1. The fourth-order valence-electron chi connectivity index (χ4n) is 4.23. The van der Waals surface area contributed by atoms with Crippen LogP contribution in [0.2, 0.25) is 0 Å². The van der Waals surface area contributed by atoms with E-state index in [2.05, 4.69) is 76.0 Å². The van der Waals surface area contributed by atoms with E-state index in [4.69, 9.17) is 0 Å². The lowest BCUT2D eigenvalue weighted by atomic mass is 10.0. The molecule has 2 aliphatic rings. The molecular weight excluding hydrogens is 332 g/mol. The first kappa shape index (κ1) is 16.7. The maximum Gasteiger partial charge on any atom is 0.156 e. The Bertz CT molecular complexity index is 946. The fraction of sp³-hybridized carbons (Fsp3) is 0.391. The molecule has 1 atom stereocenters. The van der Waals surface area contributed by atoms with Crippen LogP contribution in [-0.4, -0.2) is 41.3 Å². The standard InChI is InChI=1S/C23H26N4/c1-27-14-4-5-19(15-27)24-23-21-7-3-2-6-20(21)22(25-26-23)18-12-10-17(11-13-18)16-8-9-16/h2-3,6-7,10-13,16,19H,4-5,8-9,14-15H2,1H3,(H,24,26). The van der Waals surface area contributed by atoms with Crippen LogP contribution in [0.15, 0.2) is 48.5 Å². The predicted molar refractivity (Wildman–Crippen MR) is 111 cm³/mol. The SMILES string of the molecule is CN1CCCC(Nc2nnc(-c3ccc(C4CC4)cc3)c3ccccc23)C1. The zero-order chi connectivity index (χ0) is 18.2. The number of rotatable bonds is 4. The van der Waals surface area contributed by atoms with Crippen LogP contribution in [0.3, 0.4) is 0 Å². The zero-order valence-corrected chi connectivity index (χ0v) is 15.9. The molecule has 4 nitrogen and oxygen atoms in total. The van der Waals surface area contributed by atoms with Gasteiger partial charge in [0, 0.05) is 28.9 Å². The molecule has 3 aromatic rings. The molecule has 1 aromatic heterocycles. The predicted octanol–water partition coefficient (Wildman–Crippen LogP) is 4.68. The number of nitrogens with one attached hydrogen (secondary N) is 1. The van der Waals surface area contributed by atoms with Crippen molar-refractivity contribution in [3.8, 4) is 11.3 Å². The van der Waals surface area contributed by atoms with Crippen molar-refractivity contribution in [3.05, 3.63) is 54.1 Å². The first-order valence-corrected chi connectivity index (χ1v) is 10.1. The van der Waals surface area contributed by atoms with Gasteiger partial charge in [-0.3, -0.25) is 0 Å². The summed E-state index contributed by atoms with van der Waals surface area (Å²) < 4.78 is 0. The zero-order valence-electron chi connectivity index (χ0n) is 15.9. The fourth-order valence-corrected chi connectivity index (χ4v) is 4.23. The molecule has 0 radical (unpaired) electrons. The van der Waals surface area contributed by atoms with Crippen LogP contribution in [0.5, 0.6) is 0 Å². The van der Waals surface area contributed by atoms with Crippen molar-refractivity contribution < 1.29 is 0 Å². The lowest BCUT2D eigenvalue weighted by Crippen LogP contribution is -2.40. The normalized spacial score (nSPS) is 20.7. The van der Waals surface area contributed by atoms with Crippen LogP contribution in [-0.2, 0) is 0 Å². The van der Waals surface area contributed by atoms with E-state index in [9.17, 15) is 0 Å². The van der Waals surface area contributed by atoms with Gasteiger partial charge in [0.25, 0.3) is 0 Å². The molecule has 2 heterocycles. The van der Waals surface area contributed by atoms with Crippen LogP contribution < -0.4 is 5.32 Å². The molecule has 1 N–H and O–H groups in total. The lowest BCUT2D eigenvalue weighted by molar-refractivity contribution is 0.261. The van der Waals surface area contributed by atoms with Gasteiger partial charge in [-0.15, -0.1) is 10.2 Å². The molecule has 0 bridgehead atoms. The third kappa shape index (κ3) is 3.42. The maximum atomic E-state index is 4.63. The molecule has 4 heteroatoms. The Morgan fingerprint density at radius 3 is 2.44 bits per heavy atom. The summed E-state index contributed by atoms with van der Waals surface area (Å²) in [5.41, 5.74) is 3.57. The molecule has 1 aliphatic carbocycles. The maximum absolute atomic E-state index is 4.63. The Morgan fingerprint density at radius 2 is 1.70 bits per heavy atom. The third-order valence-electron chi connectivity index (χ3n) is 5.89. The molecule has 2 fully saturated rings. The molecule has 1 unspecified atom stereocenters. The number of fused-ring (bicyclic) bond motifs is 1. The lowest BCUT2D eigenvalue weighted by Gasteiger charge is -2.30. The Labute approximate surface area is 160 Å². The Kier molecular flexibility index (Phi) is 4.29. The molecular formula is C23H26N4. The van der Waals surface area contributed by atoms with Crippen molar-refractivity contribution in [1.29, 1.82) is 0 Å². The van der Waals surface area contributed by atoms with Crippen LogP contribution >= 0.6 is 0 Å². The number of piperidine rings is 1. The van der Waals surface area contributed by atoms with Crippen molar-refractivity contribution in [2.24, 2.45) is 0 Å². The number of likely N-dealkylation sites (N-methyl/N-ethyl adjacent to an activating group) is 1. The second kappa shape index (κ2) is 6.93. The molecule has 1 saturated carbocycles. The third-order valence-corrected chi connectivity index (χ3v) is 5.89. The van der Waals surface area contributed by atoms with Crippen molar-refractivity contribution >= 4 is 16.6 Å². The Balaban J connectivity index is 1.49. The second-order valence-electron chi connectivity index (χ2n) is 8.08. The minimum atomic E-state index is 0.435. The summed E-state index contributed by atoms with van der Waals surface area (Å²) in [4.78, 5) is 2.38. The number of anilines is 1. The highest BCUT2D eigenvalue weighted by atomic mass is 15.2. The summed E-state index contributed by atoms with van der Waals surface area (Å²) in [6, 6.07) is 17.8. The van der Waals surface area contributed by atoms with E-state index in [1.165, 1.54) is 43.2 Å². The van der Waals surface area contributed by atoms with E-state index >= 15 is 0 Å². The Morgan fingerprint density at radius 1 is 0.926 bits per heavy atom. The van der Waals surface area contributed by atoms with Gasteiger partial charge < -0.3 is 10.2 Å². The van der Waals surface area contributed by atoms with E-state index in [0.717, 1.165) is 34.9 Å². The summed E-state index contributed by atoms with van der Waals surface area (Å²) in [5.74, 6) is 1.69. The largest absolute Gasteiger partial charge is 0.364 e. The number of hydrogen-bond donors (Lipinski definition) is 1. The van der Waals surface area contributed by atoms with Crippen molar-refractivity contribution in [3.63, 3.8) is 0 Å². The molecule has 2 aromatic carbocycles. The molecule has 1 aliphatic heterocycles. The topological polar surface area (TPSA) is 41.0 Å². The minimum Gasteiger partial charge on any atom is -0.364 e. The summed E-state index contributed by atoms with van der Waals surface area (Å²) in [7, 11) is 2.19. The number of likely N-dealkylation sites (tertiary alicyclic amines) is 1. The van der Waals surface area contributed by atoms with Gasteiger partial charge in [-0.1, -0.05) is 48.5 Å². The average molecular weight is 358 g/mol. The van der Waals surface area contributed by atoms with E-state index < -0.39 is 0 Å². The van der Waals surface area contributed by atoms with Gasteiger partial charge in [0.2, 0.25) is 0 Å². The van der Waals surface area contributed by atoms with Crippen molar-refractivity contribution in [1.82, 2.24) is 15.1 Å². The quantitative estimate of drug-likeness (QED) is 0.735. The van der Waals surface area contributed by atoms with E-state index in [1.807, 2.05) is 0 Å². The minimum absolute atomic E-state index is 0.435. The average Bonchev–Trinajstić information content (AvgIpc) is 3.54. The second-order valence-corrected chi connectivity index (χ2v) is 8.08. The molecule has 0 spiro atoms. The van der Waals surface area contributed by atoms with Gasteiger partial charge >= 0.3 is 0 Å². The van der Waals surface area contributed by atoms with Gasteiger partial charge in [-0.2, -0.15) is 0 Å². The van der Waals surface area contributed by atoms with Crippen molar-refractivity contribution in [2.45, 2.75) is 37.6 Å². The highest BCUT2D eigenvalue weighted by Gasteiger charge is 2.23. The van der Waals surface area contributed by atoms with Crippen LogP contribution in [0.25, 0.3) is 22.0 Å². The van der Waals surface area contributed by atoms with Gasteiger partial charge in [0.05, 0.1) is 0 Å². The molecule has 27 heavy (non-hydrogen) atoms. The number of benzene rings is 2. The number of aromatic nitrogens is 2.